The monoisotopic (exact) mass is 756 g/mol. The average molecular weight is 757 g/mol. The van der Waals surface area contributed by atoms with Crippen LogP contribution >= 0.6 is 0 Å². The van der Waals surface area contributed by atoms with E-state index >= 15 is 0 Å². The lowest BCUT2D eigenvalue weighted by atomic mass is 10.0. The molecule has 9 aromatic carbocycles. The molecule has 0 saturated heterocycles. The summed E-state index contributed by atoms with van der Waals surface area (Å²) >= 11 is 0. The molecule has 59 heavy (non-hydrogen) atoms. The van der Waals surface area contributed by atoms with E-state index in [9.17, 15) is 0 Å². The number of hydrogen-bond acceptors (Lipinski definition) is 1. The third-order valence-corrected chi connectivity index (χ3v) is 12.5. The van der Waals surface area contributed by atoms with Crippen molar-refractivity contribution < 1.29 is 4.42 Å². The zero-order valence-electron chi connectivity index (χ0n) is 32.8. The van der Waals surface area contributed by atoms with Crippen LogP contribution in [0.1, 0.15) is 25.3 Å². The zero-order chi connectivity index (χ0) is 39.0. The number of unbranched alkanes of at least 4 members (excludes halogenated alkanes) is 1. The summed E-state index contributed by atoms with van der Waals surface area (Å²) in [7, 11) is 0. The van der Waals surface area contributed by atoms with E-state index in [4.69, 9.17) is 4.42 Å². The van der Waals surface area contributed by atoms with Crippen molar-refractivity contribution in [2.24, 2.45) is 0 Å². The second-order valence-electron chi connectivity index (χ2n) is 16.0. The molecule has 12 rings (SSSR count). The number of aryl methyl sites for hydroxylation is 1. The first-order valence-electron chi connectivity index (χ1n) is 20.8. The Kier molecular flexibility index (Phi) is 7.64. The molecular formula is C56H40N2O. The molecule has 3 aromatic heterocycles. The molecule has 3 heterocycles. The van der Waals surface area contributed by atoms with Crippen molar-refractivity contribution >= 4 is 76.3 Å². The predicted molar refractivity (Wildman–Crippen MR) is 249 cm³/mol. The van der Waals surface area contributed by atoms with Crippen LogP contribution < -0.4 is 0 Å². The summed E-state index contributed by atoms with van der Waals surface area (Å²) in [6.45, 7) is 2.25. The van der Waals surface area contributed by atoms with Gasteiger partial charge in [-0.05, 0) is 119 Å². The molecule has 0 aliphatic carbocycles. The molecule has 0 saturated carbocycles. The molecule has 0 N–H and O–H groups in total. The van der Waals surface area contributed by atoms with Crippen LogP contribution in [-0.2, 0) is 6.42 Å². The number of aromatic nitrogens is 2. The average Bonchev–Trinajstić information content (AvgIpc) is 3.95. The number of nitrogens with zero attached hydrogens (tertiary/aromatic N) is 2. The van der Waals surface area contributed by atoms with Crippen LogP contribution in [0.3, 0.4) is 0 Å². The first kappa shape index (κ1) is 33.7. The van der Waals surface area contributed by atoms with Gasteiger partial charge in [-0.3, -0.25) is 0 Å². The van der Waals surface area contributed by atoms with Gasteiger partial charge >= 0.3 is 0 Å². The van der Waals surface area contributed by atoms with E-state index < -0.39 is 0 Å². The van der Waals surface area contributed by atoms with Gasteiger partial charge in [-0.2, -0.15) is 0 Å². The zero-order valence-corrected chi connectivity index (χ0v) is 32.8. The van der Waals surface area contributed by atoms with Crippen LogP contribution in [0, 0.1) is 0 Å². The summed E-state index contributed by atoms with van der Waals surface area (Å²) in [5.41, 5.74) is 15.0. The van der Waals surface area contributed by atoms with Crippen LogP contribution in [-0.4, -0.2) is 9.13 Å². The first-order chi connectivity index (χ1) is 29.2. The molecular weight excluding hydrogens is 717 g/mol. The van der Waals surface area contributed by atoms with Crippen molar-refractivity contribution in [3.8, 4) is 33.6 Å². The third-order valence-electron chi connectivity index (χ3n) is 12.5. The summed E-state index contributed by atoms with van der Waals surface area (Å²) in [4.78, 5) is 0. The van der Waals surface area contributed by atoms with Crippen molar-refractivity contribution in [1.29, 1.82) is 0 Å². The van der Waals surface area contributed by atoms with E-state index in [1.54, 1.807) is 0 Å². The van der Waals surface area contributed by atoms with Gasteiger partial charge in [0.15, 0.2) is 0 Å². The maximum Gasteiger partial charge on any atom is 0.143 e. The van der Waals surface area contributed by atoms with Crippen LogP contribution in [0.5, 0.6) is 0 Å². The summed E-state index contributed by atoms with van der Waals surface area (Å²) in [6, 6.07) is 69.0. The molecule has 0 bridgehead atoms. The van der Waals surface area contributed by atoms with E-state index in [0.29, 0.717) is 0 Å². The number of fused-ring (bicyclic) bond motifs is 10. The summed E-state index contributed by atoms with van der Waals surface area (Å²) in [5, 5.41) is 9.86. The van der Waals surface area contributed by atoms with Crippen LogP contribution in [0.4, 0.5) is 0 Å². The van der Waals surface area contributed by atoms with Gasteiger partial charge in [0.05, 0.1) is 22.1 Å². The highest BCUT2D eigenvalue weighted by atomic mass is 16.3. The molecule has 280 valence electrons. The minimum Gasteiger partial charge on any atom is -0.455 e. The Labute approximate surface area is 342 Å². The Morgan fingerprint density at radius 3 is 1.71 bits per heavy atom. The smallest absolute Gasteiger partial charge is 0.143 e. The Balaban J connectivity index is 0.941. The molecule has 0 aliphatic rings. The number of para-hydroxylation sites is 3. The summed E-state index contributed by atoms with van der Waals surface area (Å²) in [6.07, 6.45) is 3.49. The lowest BCUT2D eigenvalue weighted by Crippen LogP contribution is -1.94. The topological polar surface area (TPSA) is 23.0 Å². The highest BCUT2D eigenvalue weighted by Crippen LogP contribution is 2.40. The first-order valence-corrected chi connectivity index (χ1v) is 20.8. The minimum atomic E-state index is 0.946. The Morgan fingerprint density at radius 1 is 0.407 bits per heavy atom. The van der Waals surface area contributed by atoms with Crippen molar-refractivity contribution in [3.63, 3.8) is 0 Å². The Bertz CT molecular complexity index is 3600. The van der Waals surface area contributed by atoms with Crippen molar-refractivity contribution in [3.05, 3.63) is 194 Å². The molecule has 0 spiro atoms. The molecule has 3 heteroatoms. The summed E-state index contributed by atoms with van der Waals surface area (Å²) in [5.74, 6) is 0. The van der Waals surface area contributed by atoms with Gasteiger partial charge in [0.2, 0.25) is 0 Å². The van der Waals surface area contributed by atoms with E-state index in [-0.39, 0.29) is 0 Å². The highest BCUT2D eigenvalue weighted by Gasteiger charge is 2.18. The largest absolute Gasteiger partial charge is 0.455 e. The molecule has 0 radical (unpaired) electrons. The lowest BCUT2D eigenvalue weighted by molar-refractivity contribution is 0.669. The molecule has 0 unspecified atom stereocenters. The number of benzene rings is 9. The minimum absolute atomic E-state index is 0.946. The van der Waals surface area contributed by atoms with E-state index in [1.165, 1.54) is 100 Å². The SMILES string of the molecule is CCCCc1ccc2oc3c(-c4ccc(-n5c6ccccc6c6cc(-c7ccc8c(c7)c7ccccc7n8-c7ccc8ccccc8c7)ccc65)cc4)cccc3c2c1. The van der Waals surface area contributed by atoms with E-state index in [0.717, 1.165) is 34.4 Å². The van der Waals surface area contributed by atoms with Gasteiger partial charge in [-0.15, -0.1) is 0 Å². The maximum atomic E-state index is 6.54. The normalized spacial score (nSPS) is 12.0. The number of furan rings is 1. The molecule has 0 amide bonds. The molecule has 0 aliphatic heterocycles. The van der Waals surface area contributed by atoms with Gasteiger partial charge in [-0.1, -0.05) is 129 Å². The maximum absolute atomic E-state index is 6.54. The highest BCUT2D eigenvalue weighted by molar-refractivity contribution is 6.13. The van der Waals surface area contributed by atoms with Gasteiger partial charge in [0.1, 0.15) is 11.2 Å². The van der Waals surface area contributed by atoms with Crippen LogP contribution in [0.2, 0.25) is 0 Å². The standard InChI is InChI=1S/C56H40N2O/c1-2-3-11-36-20-31-55-50(32-36)47-17-10-16-44(56(47)59-55)38-22-26-42(27-23-38)57-51-18-8-6-14-45(51)48-34-40(24-29-53(48)57)41-25-30-54-49(35-41)46-15-7-9-19-52(46)58(54)43-28-21-37-12-4-5-13-39(37)33-43/h4-10,12-35H,2-3,11H2,1H3. The second kappa shape index (κ2) is 13.4. The third kappa shape index (κ3) is 5.35. The van der Waals surface area contributed by atoms with E-state index in [1.807, 2.05) is 0 Å². The van der Waals surface area contributed by atoms with E-state index in [2.05, 4.69) is 204 Å². The van der Waals surface area contributed by atoms with Crippen molar-refractivity contribution in [2.75, 3.05) is 0 Å². The molecule has 0 atom stereocenters. The van der Waals surface area contributed by atoms with Gasteiger partial charge in [0, 0.05) is 49.3 Å². The van der Waals surface area contributed by atoms with Crippen molar-refractivity contribution in [1.82, 2.24) is 9.13 Å². The lowest BCUT2D eigenvalue weighted by Gasteiger charge is -2.11. The fourth-order valence-corrected chi connectivity index (χ4v) is 9.58. The predicted octanol–water partition coefficient (Wildman–Crippen LogP) is 15.6. The second-order valence-corrected chi connectivity index (χ2v) is 16.0. The van der Waals surface area contributed by atoms with Crippen LogP contribution in [0.15, 0.2) is 192 Å². The fraction of sp³-hybridized carbons (Fsp3) is 0.0714. The number of hydrogen-bond donors (Lipinski definition) is 0. The summed E-state index contributed by atoms with van der Waals surface area (Å²) < 4.78 is 11.3. The fourth-order valence-electron chi connectivity index (χ4n) is 9.58. The Morgan fingerprint density at radius 2 is 1.00 bits per heavy atom. The molecule has 0 fully saturated rings. The van der Waals surface area contributed by atoms with Gasteiger partial charge < -0.3 is 13.6 Å². The molecule has 12 aromatic rings. The molecule has 3 nitrogen and oxygen atoms in total. The van der Waals surface area contributed by atoms with Crippen LogP contribution in [0.25, 0.3) is 110 Å². The van der Waals surface area contributed by atoms with Gasteiger partial charge in [-0.25, -0.2) is 0 Å². The Hall–Kier alpha value is -7.36. The number of rotatable bonds is 7. The van der Waals surface area contributed by atoms with Gasteiger partial charge in [0.25, 0.3) is 0 Å². The van der Waals surface area contributed by atoms with Crippen molar-refractivity contribution in [2.45, 2.75) is 26.2 Å². The quantitative estimate of drug-likeness (QED) is 0.159.